The van der Waals surface area contributed by atoms with E-state index in [1.807, 2.05) is 6.92 Å². The van der Waals surface area contributed by atoms with E-state index in [-0.39, 0.29) is 17.7 Å². The summed E-state index contributed by atoms with van der Waals surface area (Å²) in [5.74, 6) is -0.681. The van der Waals surface area contributed by atoms with Crippen molar-refractivity contribution < 1.29 is 8.78 Å². The summed E-state index contributed by atoms with van der Waals surface area (Å²) in [6.07, 6.45) is 9.50. The Kier molecular flexibility index (Phi) is 9.24. The molecular weight excluding hydrogens is 268 g/mol. The van der Waals surface area contributed by atoms with Gasteiger partial charge in [-0.05, 0) is 31.2 Å². The summed E-state index contributed by atoms with van der Waals surface area (Å²) in [5, 5.41) is 3.27. The SMILES string of the molecule is CCCCCCCCCC(NCC)c1cc(F)ccc1F. The van der Waals surface area contributed by atoms with Gasteiger partial charge in [0.25, 0.3) is 0 Å². The molecule has 1 nitrogen and oxygen atoms in total. The fourth-order valence-electron chi connectivity index (χ4n) is 2.70. The fraction of sp³-hybridized carbons (Fsp3) is 0.667. The molecule has 0 radical (unpaired) electrons. The lowest BCUT2D eigenvalue weighted by atomic mass is 9.98. The first kappa shape index (κ1) is 18.1. The maximum atomic E-state index is 13.9. The summed E-state index contributed by atoms with van der Waals surface area (Å²) >= 11 is 0. The minimum Gasteiger partial charge on any atom is -0.310 e. The molecule has 1 atom stereocenters. The minimum absolute atomic E-state index is 0.0821. The van der Waals surface area contributed by atoms with Gasteiger partial charge in [0.2, 0.25) is 0 Å². The molecule has 1 N–H and O–H groups in total. The second kappa shape index (κ2) is 10.7. The predicted molar refractivity (Wildman–Crippen MR) is 85.4 cm³/mol. The van der Waals surface area contributed by atoms with Crippen LogP contribution in [-0.2, 0) is 0 Å². The average Bonchev–Trinajstić information content (AvgIpc) is 2.48. The van der Waals surface area contributed by atoms with Gasteiger partial charge in [-0.25, -0.2) is 8.78 Å². The second-order valence-corrected chi connectivity index (χ2v) is 5.69. The van der Waals surface area contributed by atoms with E-state index < -0.39 is 0 Å². The Hall–Kier alpha value is -0.960. The highest BCUT2D eigenvalue weighted by Gasteiger charge is 2.15. The monoisotopic (exact) mass is 297 g/mol. The third-order valence-electron chi connectivity index (χ3n) is 3.88. The van der Waals surface area contributed by atoms with Gasteiger partial charge >= 0.3 is 0 Å². The van der Waals surface area contributed by atoms with Gasteiger partial charge in [0.15, 0.2) is 0 Å². The van der Waals surface area contributed by atoms with Crippen LogP contribution in [0.5, 0.6) is 0 Å². The van der Waals surface area contributed by atoms with Crippen LogP contribution in [0.25, 0.3) is 0 Å². The standard InChI is InChI=1S/C18H29F2N/c1-3-5-6-7-8-9-10-11-18(21-4-2)16-14-15(19)12-13-17(16)20/h12-14,18,21H,3-11H2,1-2H3. The molecule has 0 aliphatic rings. The Bertz CT molecular complexity index is 393. The lowest BCUT2D eigenvalue weighted by molar-refractivity contribution is 0.453. The molecule has 0 bridgehead atoms. The first-order valence-corrected chi connectivity index (χ1v) is 8.37. The van der Waals surface area contributed by atoms with E-state index >= 15 is 0 Å². The molecule has 21 heavy (non-hydrogen) atoms. The van der Waals surface area contributed by atoms with Gasteiger partial charge in [-0.2, -0.15) is 0 Å². The highest BCUT2D eigenvalue weighted by atomic mass is 19.1. The van der Waals surface area contributed by atoms with Gasteiger partial charge in [-0.1, -0.05) is 58.8 Å². The van der Waals surface area contributed by atoms with Crippen molar-refractivity contribution in [1.29, 1.82) is 0 Å². The fourth-order valence-corrected chi connectivity index (χ4v) is 2.70. The topological polar surface area (TPSA) is 12.0 Å². The largest absolute Gasteiger partial charge is 0.310 e. The molecule has 1 aromatic rings. The van der Waals surface area contributed by atoms with Crippen LogP contribution in [0.2, 0.25) is 0 Å². The number of hydrogen-bond acceptors (Lipinski definition) is 1. The van der Waals surface area contributed by atoms with E-state index in [1.165, 1.54) is 56.7 Å². The van der Waals surface area contributed by atoms with Crippen LogP contribution in [0.15, 0.2) is 18.2 Å². The van der Waals surface area contributed by atoms with E-state index in [1.54, 1.807) is 0 Å². The van der Waals surface area contributed by atoms with Gasteiger partial charge in [0, 0.05) is 11.6 Å². The molecule has 0 spiro atoms. The molecule has 1 rings (SSSR count). The number of unbranched alkanes of at least 4 members (excludes halogenated alkanes) is 6. The van der Waals surface area contributed by atoms with Crippen molar-refractivity contribution in [2.24, 2.45) is 0 Å². The van der Waals surface area contributed by atoms with Crippen molar-refractivity contribution in [3.63, 3.8) is 0 Å². The Morgan fingerprint density at radius 3 is 2.29 bits per heavy atom. The number of benzene rings is 1. The molecule has 0 fully saturated rings. The molecule has 3 heteroatoms. The molecule has 1 aromatic carbocycles. The normalized spacial score (nSPS) is 12.6. The zero-order chi connectivity index (χ0) is 15.5. The van der Waals surface area contributed by atoms with Crippen molar-refractivity contribution in [2.75, 3.05) is 6.54 Å². The highest BCUT2D eigenvalue weighted by Crippen LogP contribution is 2.24. The van der Waals surface area contributed by atoms with Crippen LogP contribution >= 0.6 is 0 Å². The van der Waals surface area contributed by atoms with E-state index in [4.69, 9.17) is 0 Å². The van der Waals surface area contributed by atoms with Crippen LogP contribution in [-0.4, -0.2) is 6.54 Å². The maximum absolute atomic E-state index is 13.9. The third-order valence-corrected chi connectivity index (χ3v) is 3.88. The van der Waals surface area contributed by atoms with E-state index in [0.29, 0.717) is 5.56 Å². The average molecular weight is 297 g/mol. The van der Waals surface area contributed by atoms with Crippen LogP contribution in [0.1, 0.15) is 76.8 Å². The molecule has 1 unspecified atom stereocenters. The highest BCUT2D eigenvalue weighted by molar-refractivity contribution is 5.22. The molecule has 0 amide bonds. The van der Waals surface area contributed by atoms with Crippen molar-refractivity contribution in [2.45, 2.75) is 71.3 Å². The van der Waals surface area contributed by atoms with Crippen molar-refractivity contribution in [3.05, 3.63) is 35.4 Å². The first-order valence-electron chi connectivity index (χ1n) is 8.37. The predicted octanol–water partition coefficient (Wildman–Crippen LogP) is 5.76. The maximum Gasteiger partial charge on any atom is 0.128 e. The summed E-state index contributed by atoms with van der Waals surface area (Å²) < 4.78 is 27.2. The Morgan fingerprint density at radius 2 is 1.62 bits per heavy atom. The number of rotatable bonds is 11. The first-order chi connectivity index (χ1) is 10.2. The van der Waals surface area contributed by atoms with Gasteiger partial charge < -0.3 is 5.32 Å². The Labute approximate surface area is 128 Å². The second-order valence-electron chi connectivity index (χ2n) is 5.69. The zero-order valence-corrected chi connectivity index (χ0v) is 13.4. The van der Waals surface area contributed by atoms with Crippen molar-refractivity contribution in [3.8, 4) is 0 Å². The van der Waals surface area contributed by atoms with Crippen LogP contribution in [0.3, 0.4) is 0 Å². The zero-order valence-electron chi connectivity index (χ0n) is 13.4. The van der Waals surface area contributed by atoms with Crippen LogP contribution in [0, 0.1) is 11.6 Å². The molecule has 0 aliphatic heterocycles. The summed E-state index contributed by atoms with van der Waals surface area (Å²) in [4.78, 5) is 0. The molecule has 0 saturated carbocycles. The lowest BCUT2D eigenvalue weighted by Crippen LogP contribution is -2.22. The van der Waals surface area contributed by atoms with Crippen molar-refractivity contribution >= 4 is 0 Å². The molecule has 0 aliphatic carbocycles. The van der Waals surface area contributed by atoms with Gasteiger partial charge in [0.1, 0.15) is 11.6 Å². The number of hydrogen-bond donors (Lipinski definition) is 1. The summed E-state index contributed by atoms with van der Waals surface area (Å²) in [5.41, 5.74) is 0.461. The van der Waals surface area contributed by atoms with Crippen LogP contribution in [0.4, 0.5) is 8.78 Å². The third kappa shape index (κ3) is 7.03. The van der Waals surface area contributed by atoms with Gasteiger partial charge in [-0.15, -0.1) is 0 Å². The molecule has 0 heterocycles. The van der Waals surface area contributed by atoms with Gasteiger partial charge in [-0.3, -0.25) is 0 Å². The lowest BCUT2D eigenvalue weighted by Gasteiger charge is -2.19. The Morgan fingerprint density at radius 1 is 0.952 bits per heavy atom. The number of halogens is 2. The summed E-state index contributed by atoms with van der Waals surface area (Å²) in [6.45, 7) is 4.97. The van der Waals surface area contributed by atoms with E-state index in [9.17, 15) is 8.78 Å². The minimum atomic E-state index is -0.367. The molecular formula is C18H29F2N. The molecule has 0 aromatic heterocycles. The quantitative estimate of drug-likeness (QED) is 0.512. The smallest absolute Gasteiger partial charge is 0.128 e. The van der Waals surface area contributed by atoms with Crippen molar-refractivity contribution in [1.82, 2.24) is 5.32 Å². The summed E-state index contributed by atoms with van der Waals surface area (Å²) in [6, 6.07) is 3.64. The molecule has 120 valence electrons. The van der Waals surface area contributed by atoms with E-state index in [2.05, 4.69) is 12.2 Å². The van der Waals surface area contributed by atoms with Gasteiger partial charge in [0.05, 0.1) is 0 Å². The van der Waals surface area contributed by atoms with E-state index in [0.717, 1.165) is 19.4 Å². The number of nitrogens with one attached hydrogen (secondary N) is 1. The Balaban J connectivity index is 2.41. The van der Waals surface area contributed by atoms with Crippen LogP contribution < -0.4 is 5.32 Å². The summed E-state index contributed by atoms with van der Waals surface area (Å²) in [7, 11) is 0. The molecule has 0 saturated heterocycles.